The van der Waals surface area contributed by atoms with Crippen LogP contribution < -0.4 is 4.74 Å². The fourth-order valence-electron chi connectivity index (χ4n) is 3.47. The molecule has 1 aromatic heterocycles. The maximum atomic E-state index is 12.1. The fourth-order valence-corrected chi connectivity index (χ4v) is 3.47. The van der Waals surface area contributed by atoms with Crippen molar-refractivity contribution in [1.82, 2.24) is 9.88 Å². The highest BCUT2D eigenvalue weighted by atomic mass is 16.5. The van der Waals surface area contributed by atoms with Crippen molar-refractivity contribution >= 4 is 5.91 Å². The molecule has 1 amide bonds. The van der Waals surface area contributed by atoms with Crippen LogP contribution in [0.25, 0.3) is 0 Å². The van der Waals surface area contributed by atoms with E-state index in [1.54, 1.807) is 12.4 Å². The van der Waals surface area contributed by atoms with Gasteiger partial charge in [-0.25, -0.2) is 0 Å². The monoisotopic (exact) mass is 302 g/mol. The number of amides is 1. The number of likely N-dealkylation sites (tertiary alicyclic amines) is 1. The van der Waals surface area contributed by atoms with E-state index in [-0.39, 0.29) is 5.60 Å². The van der Waals surface area contributed by atoms with Crippen LogP contribution in [0, 0.1) is 11.8 Å². The van der Waals surface area contributed by atoms with Gasteiger partial charge >= 0.3 is 0 Å². The predicted molar refractivity (Wildman–Crippen MR) is 80.4 cm³/mol. The molecule has 2 saturated heterocycles. The second-order valence-electron chi connectivity index (χ2n) is 6.80. The molecule has 3 fully saturated rings. The van der Waals surface area contributed by atoms with Crippen LogP contribution in [0.4, 0.5) is 0 Å². The lowest BCUT2D eigenvalue weighted by Gasteiger charge is -2.50. The van der Waals surface area contributed by atoms with Crippen LogP contribution in [0.2, 0.25) is 0 Å². The second kappa shape index (κ2) is 5.54. The molecular formula is C17H22N2O3. The van der Waals surface area contributed by atoms with Crippen molar-refractivity contribution in [3.8, 4) is 5.75 Å². The molecule has 5 nitrogen and oxygen atoms in total. The molecule has 1 aliphatic carbocycles. The first-order chi connectivity index (χ1) is 10.8. The maximum absolute atomic E-state index is 12.1. The van der Waals surface area contributed by atoms with Gasteiger partial charge in [-0.15, -0.1) is 0 Å². The molecule has 4 rings (SSSR count). The Bertz CT molecular complexity index is 538. The Hall–Kier alpha value is -1.62. The summed E-state index contributed by atoms with van der Waals surface area (Å²) in [6, 6.07) is 3.79. The highest BCUT2D eigenvalue weighted by Crippen LogP contribution is 2.41. The Balaban J connectivity index is 1.31. The zero-order chi connectivity index (χ0) is 15.0. The number of carbonyl (C=O) groups is 1. The lowest BCUT2D eigenvalue weighted by Crippen LogP contribution is -2.66. The molecule has 1 atom stereocenters. The van der Waals surface area contributed by atoms with E-state index < -0.39 is 0 Å². The lowest BCUT2D eigenvalue weighted by atomic mass is 9.81. The average molecular weight is 302 g/mol. The number of hydrogen-bond acceptors (Lipinski definition) is 4. The Morgan fingerprint density at radius 2 is 2.27 bits per heavy atom. The number of aromatic nitrogens is 1. The normalized spacial score (nSPS) is 26.0. The molecule has 0 N–H and O–H groups in total. The highest BCUT2D eigenvalue weighted by molar-refractivity contribution is 5.78. The zero-order valence-electron chi connectivity index (χ0n) is 12.7. The van der Waals surface area contributed by atoms with E-state index in [0.29, 0.717) is 24.3 Å². The smallest absolute Gasteiger partial charge is 0.223 e. The molecule has 0 unspecified atom stereocenters. The first-order valence-electron chi connectivity index (χ1n) is 8.20. The quantitative estimate of drug-likeness (QED) is 0.833. The minimum atomic E-state index is -0.165. The van der Waals surface area contributed by atoms with Crippen molar-refractivity contribution in [2.45, 2.75) is 31.3 Å². The predicted octanol–water partition coefficient (Wildman–Crippen LogP) is 1.88. The molecule has 1 saturated carbocycles. The average Bonchev–Trinajstić information content (AvgIpc) is 3.20. The third kappa shape index (κ3) is 2.70. The first-order valence-corrected chi connectivity index (χ1v) is 8.20. The number of ether oxygens (including phenoxy) is 2. The third-order valence-corrected chi connectivity index (χ3v) is 5.12. The van der Waals surface area contributed by atoms with Gasteiger partial charge in [0, 0.05) is 25.1 Å². The highest BCUT2D eigenvalue weighted by Gasteiger charge is 2.54. The number of hydrogen-bond donors (Lipinski definition) is 0. The van der Waals surface area contributed by atoms with E-state index in [1.165, 1.54) is 12.8 Å². The molecule has 0 aromatic carbocycles. The SMILES string of the molecule is O=C(CC1CC1)N1CC2(C1)OCC[C@H]2COc1cccnc1. The molecule has 3 aliphatic rings. The topological polar surface area (TPSA) is 51.7 Å². The number of rotatable bonds is 5. The summed E-state index contributed by atoms with van der Waals surface area (Å²) in [6.45, 7) is 2.88. The summed E-state index contributed by atoms with van der Waals surface area (Å²) in [5.74, 6) is 2.11. The summed E-state index contributed by atoms with van der Waals surface area (Å²) < 4.78 is 11.8. The van der Waals surface area contributed by atoms with Crippen molar-refractivity contribution in [3.63, 3.8) is 0 Å². The molecule has 118 valence electrons. The standard InChI is InChI=1S/C17H22N2O3/c20-16(8-13-3-4-13)19-11-17(12-19)14(5-7-22-17)10-21-15-2-1-6-18-9-15/h1-2,6,9,13-14H,3-5,7-8,10-12H2/t14-/m0/s1. The van der Waals surface area contributed by atoms with Crippen LogP contribution >= 0.6 is 0 Å². The van der Waals surface area contributed by atoms with Crippen molar-refractivity contribution in [1.29, 1.82) is 0 Å². The number of pyridine rings is 1. The van der Waals surface area contributed by atoms with Gasteiger partial charge in [0.25, 0.3) is 0 Å². The first kappa shape index (κ1) is 14.0. The number of nitrogens with zero attached hydrogens (tertiary/aromatic N) is 2. The molecule has 0 bridgehead atoms. The van der Waals surface area contributed by atoms with Crippen LogP contribution in [0.15, 0.2) is 24.5 Å². The fraction of sp³-hybridized carbons (Fsp3) is 0.647. The molecule has 1 spiro atoms. The number of carbonyl (C=O) groups excluding carboxylic acids is 1. The van der Waals surface area contributed by atoms with E-state index in [9.17, 15) is 4.79 Å². The summed E-state index contributed by atoms with van der Waals surface area (Å²) >= 11 is 0. The Morgan fingerprint density at radius 3 is 3.00 bits per heavy atom. The van der Waals surface area contributed by atoms with Gasteiger partial charge in [-0.3, -0.25) is 9.78 Å². The Kier molecular flexibility index (Phi) is 3.53. The van der Waals surface area contributed by atoms with E-state index in [0.717, 1.165) is 38.3 Å². The van der Waals surface area contributed by atoms with E-state index in [2.05, 4.69) is 4.98 Å². The summed E-state index contributed by atoms with van der Waals surface area (Å²) in [5, 5.41) is 0. The molecule has 5 heteroatoms. The Morgan fingerprint density at radius 1 is 1.41 bits per heavy atom. The van der Waals surface area contributed by atoms with E-state index in [1.807, 2.05) is 17.0 Å². The second-order valence-corrected chi connectivity index (χ2v) is 6.80. The van der Waals surface area contributed by atoms with Crippen LogP contribution in [0.3, 0.4) is 0 Å². The van der Waals surface area contributed by atoms with Gasteiger partial charge in [-0.1, -0.05) is 0 Å². The van der Waals surface area contributed by atoms with Crippen LogP contribution in [-0.4, -0.2) is 47.7 Å². The molecule has 0 radical (unpaired) electrons. The van der Waals surface area contributed by atoms with E-state index >= 15 is 0 Å². The van der Waals surface area contributed by atoms with Crippen molar-refractivity contribution < 1.29 is 14.3 Å². The van der Waals surface area contributed by atoms with Gasteiger partial charge < -0.3 is 14.4 Å². The van der Waals surface area contributed by atoms with E-state index in [4.69, 9.17) is 9.47 Å². The van der Waals surface area contributed by atoms with Crippen LogP contribution in [0.1, 0.15) is 25.7 Å². The Labute approximate surface area is 130 Å². The van der Waals surface area contributed by atoms with Gasteiger partial charge in [0.05, 0.1) is 25.9 Å². The van der Waals surface area contributed by atoms with Crippen LogP contribution in [0.5, 0.6) is 5.75 Å². The molecule has 3 heterocycles. The van der Waals surface area contributed by atoms with Gasteiger partial charge in [0.2, 0.25) is 5.91 Å². The van der Waals surface area contributed by atoms with Crippen molar-refractivity contribution in [2.75, 3.05) is 26.3 Å². The van der Waals surface area contributed by atoms with Gasteiger partial charge in [0.15, 0.2) is 0 Å². The minimum absolute atomic E-state index is 0.165. The molecular weight excluding hydrogens is 280 g/mol. The third-order valence-electron chi connectivity index (χ3n) is 5.12. The molecule has 22 heavy (non-hydrogen) atoms. The lowest BCUT2D eigenvalue weighted by molar-refractivity contribution is -0.167. The maximum Gasteiger partial charge on any atom is 0.223 e. The summed E-state index contributed by atoms with van der Waals surface area (Å²) in [6.07, 6.45) is 7.65. The zero-order valence-corrected chi connectivity index (χ0v) is 12.7. The van der Waals surface area contributed by atoms with Gasteiger partial charge in [-0.2, -0.15) is 0 Å². The van der Waals surface area contributed by atoms with Gasteiger partial charge in [-0.05, 0) is 37.3 Å². The molecule has 2 aliphatic heterocycles. The van der Waals surface area contributed by atoms with Crippen molar-refractivity contribution in [2.24, 2.45) is 11.8 Å². The van der Waals surface area contributed by atoms with Crippen molar-refractivity contribution in [3.05, 3.63) is 24.5 Å². The molecule has 1 aromatic rings. The summed E-state index contributed by atoms with van der Waals surface area (Å²) in [4.78, 5) is 18.2. The largest absolute Gasteiger partial charge is 0.492 e. The van der Waals surface area contributed by atoms with Crippen LogP contribution in [-0.2, 0) is 9.53 Å². The van der Waals surface area contributed by atoms with Gasteiger partial charge in [0.1, 0.15) is 11.4 Å². The minimum Gasteiger partial charge on any atom is -0.492 e. The summed E-state index contributed by atoms with van der Waals surface area (Å²) in [5.41, 5.74) is -0.165. The summed E-state index contributed by atoms with van der Waals surface area (Å²) in [7, 11) is 0.